The van der Waals surface area contributed by atoms with E-state index in [1.807, 2.05) is 0 Å². The molecule has 2 atom stereocenters. The minimum absolute atomic E-state index is 0.151. The first kappa shape index (κ1) is 11.5. The molecule has 0 aromatic heterocycles. The summed E-state index contributed by atoms with van der Waals surface area (Å²) in [5.74, 6) is 0.786. The summed E-state index contributed by atoms with van der Waals surface area (Å²) in [5.41, 5.74) is 0. The second-order valence-electron chi connectivity index (χ2n) is 3.88. The summed E-state index contributed by atoms with van der Waals surface area (Å²) in [7, 11) is 1.67. The summed E-state index contributed by atoms with van der Waals surface area (Å²) in [6, 6.07) is 0. The molecule has 1 fully saturated rings. The van der Waals surface area contributed by atoms with Crippen molar-refractivity contribution in [3.63, 3.8) is 0 Å². The van der Waals surface area contributed by atoms with Crippen LogP contribution in [0.3, 0.4) is 0 Å². The maximum absolute atomic E-state index is 11.6. The van der Waals surface area contributed by atoms with Crippen LogP contribution in [-0.2, 0) is 9.53 Å². The van der Waals surface area contributed by atoms with Crippen LogP contribution in [0.5, 0.6) is 0 Å². The third-order valence-electron chi connectivity index (χ3n) is 2.68. The van der Waals surface area contributed by atoms with Crippen LogP contribution in [0.15, 0.2) is 0 Å². The van der Waals surface area contributed by atoms with Crippen LogP contribution in [0, 0.1) is 11.8 Å². The van der Waals surface area contributed by atoms with Crippen LogP contribution in [-0.4, -0.2) is 39.3 Å². The maximum Gasteiger partial charge on any atom is 0.224 e. The second kappa shape index (κ2) is 5.98. The maximum atomic E-state index is 11.6. The lowest BCUT2D eigenvalue weighted by atomic mass is 9.97. The number of hydrogen-bond donors (Lipinski definition) is 2. The van der Waals surface area contributed by atoms with Gasteiger partial charge in [0.1, 0.15) is 0 Å². The lowest BCUT2D eigenvalue weighted by Crippen LogP contribution is -2.35. The monoisotopic (exact) mass is 200 g/mol. The van der Waals surface area contributed by atoms with Gasteiger partial charge in [-0.3, -0.25) is 4.79 Å². The van der Waals surface area contributed by atoms with E-state index in [9.17, 15) is 4.79 Å². The fourth-order valence-corrected chi connectivity index (χ4v) is 1.72. The van der Waals surface area contributed by atoms with E-state index in [-0.39, 0.29) is 11.8 Å². The van der Waals surface area contributed by atoms with Crippen LogP contribution in [0.4, 0.5) is 0 Å². The number of methoxy groups -OCH3 is 1. The van der Waals surface area contributed by atoms with Gasteiger partial charge in [-0.2, -0.15) is 0 Å². The van der Waals surface area contributed by atoms with E-state index in [0.717, 1.165) is 26.1 Å². The highest BCUT2D eigenvalue weighted by molar-refractivity contribution is 5.79. The molecule has 0 radical (unpaired) electrons. The molecule has 14 heavy (non-hydrogen) atoms. The Bertz CT molecular complexity index is 185. The molecule has 1 heterocycles. The Balaban J connectivity index is 2.14. The van der Waals surface area contributed by atoms with Crippen LogP contribution in [0.25, 0.3) is 0 Å². The highest BCUT2D eigenvalue weighted by atomic mass is 16.5. The summed E-state index contributed by atoms with van der Waals surface area (Å²) in [5, 5.41) is 6.15. The molecule has 2 unspecified atom stereocenters. The summed E-state index contributed by atoms with van der Waals surface area (Å²) in [4.78, 5) is 11.6. The summed E-state index contributed by atoms with van der Waals surface area (Å²) >= 11 is 0. The number of nitrogens with one attached hydrogen (secondary N) is 2. The second-order valence-corrected chi connectivity index (χ2v) is 3.88. The van der Waals surface area contributed by atoms with E-state index in [2.05, 4.69) is 17.6 Å². The lowest BCUT2D eigenvalue weighted by molar-refractivity contribution is -0.125. The van der Waals surface area contributed by atoms with Crippen molar-refractivity contribution in [2.75, 3.05) is 33.4 Å². The van der Waals surface area contributed by atoms with Crippen molar-refractivity contribution in [1.82, 2.24) is 10.6 Å². The molecule has 0 spiro atoms. The Morgan fingerprint density at radius 3 is 2.93 bits per heavy atom. The van der Waals surface area contributed by atoms with E-state index >= 15 is 0 Å². The number of carbonyl (C=O) groups is 1. The van der Waals surface area contributed by atoms with Gasteiger partial charge in [-0.15, -0.1) is 0 Å². The minimum Gasteiger partial charge on any atom is -0.385 e. The van der Waals surface area contributed by atoms with Gasteiger partial charge in [-0.25, -0.2) is 0 Å². The molecule has 0 aliphatic carbocycles. The van der Waals surface area contributed by atoms with E-state index in [1.54, 1.807) is 7.11 Å². The molecule has 0 saturated carbocycles. The molecular weight excluding hydrogens is 180 g/mol. The van der Waals surface area contributed by atoms with Gasteiger partial charge in [0.05, 0.1) is 5.92 Å². The van der Waals surface area contributed by atoms with Crippen molar-refractivity contribution < 1.29 is 9.53 Å². The molecule has 2 N–H and O–H groups in total. The zero-order valence-electron chi connectivity index (χ0n) is 9.01. The molecule has 4 nitrogen and oxygen atoms in total. The van der Waals surface area contributed by atoms with Crippen molar-refractivity contribution >= 4 is 5.91 Å². The normalized spacial score (nSPS) is 26.4. The predicted molar refractivity (Wildman–Crippen MR) is 55.0 cm³/mol. The molecule has 82 valence electrons. The zero-order valence-corrected chi connectivity index (χ0v) is 9.01. The first-order valence-corrected chi connectivity index (χ1v) is 5.23. The number of carbonyl (C=O) groups excluding carboxylic acids is 1. The molecule has 0 aromatic carbocycles. The first-order chi connectivity index (χ1) is 6.75. The topological polar surface area (TPSA) is 50.4 Å². The quantitative estimate of drug-likeness (QED) is 0.614. The van der Waals surface area contributed by atoms with Crippen molar-refractivity contribution in [3.8, 4) is 0 Å². The molecule has 0 bridgehead atoms. The van der Waals surface area contributed by atoms with Crippen molar-refractivity contribution in [2.45, 2.75) is 13.3 Å². The summed E-state index contributed by atoms with van der Waals surface area (Å²) < 4.78 is 4.91. The highest BCUT2D eigenvalue weighted by Gasteiger charge is 2.28. The van der Waals surface area contributed by atoms with Crippen molar-refractivity contribution in [1.29, 1.82) is 0 Å². The van der Waals surface area contributed by atoms with Crippen molar-refractivity contribution in [3.05, 3.63) is 0 Å². The Labute approximate surface area is 85.4 Å². The molecule has 1 saturated heterocycles. The average molecular weight is 200 g/mol. The number of hydrogen-bond acceptors (Lipinski definition) is 3. The van der Waals surface area contributed by atoms with Gasteiger partial charge in [0, 0.05) is 26.8 Å². The van der Waals surface area contributed by atoms with Crippen LogP contribution in [0.2, 0.25) is 0 Å². The minimum atomic E-state index is 0.151. The Kier molecular flexibility index (Phi) is 4.90. The molecule has 1 aliphatic heterocycles. The van der Waals surface area contributed by atoms with Crippen LogP contribution >= 0.6 is 0 Å². The van der Waals surface area contributed by atoms with Crippen LogP contribution in [0.1, 0.15) is 13.3 Å². The summed E-state index contributed by atoms with van der Waals surface area (Å²) in [6.07, 6.45) is 0.886. The lowest BCUT2D eigenvalue weighted by Gasteiger charge is -2.13. The SMILES string of the molecule is COCCCNC(=O)C1CNCC1C. The van der Waals surface area contributed by atoms with Gasteiger partial charge >= 0.3 is 0 Å². The fourth-order valence-electron chi connectivity index (χ4n) is 1.72. The first-order valence-electron chi connectivity index (χ1n) is 5.23. The molecule has 1 aliphatic rings. The largest absolute Gasteiger partial charge is 0.385 e. The molecule has 4 heteroatoms. The third-order valence-corrected chi connectivity index (χ3v) is 2.68. The number of amides is 1. The molecule has 1 amide bonds. The Morgan fingerprint density at radius 2 is 2.36 bits per heavy atom. The van der Waals surface area contributed by atoms with E-state index in [4.69, 9.17) is 4.74 Å². The van der Waals surface area contributed by atoms with Crippen molar-refractivity contribution in [2.24, 2.45) is 11.8 Å². The standard InChI is InChI=1S/C10H20N2O2/c1-8-6-11-7-9(8)10(13)12-4-3-5-14-2/h8-9,11H,3-7H2,1-2H3,(H,12,13). The zero-order chi connectivity index (χ0) is 10.4. The van der Waals surface area contributed by atoms with Gasteiger partial charge in [0.2, 0.25) is 5.91 Å². The fraction of sp³-hybridized carbons (Fsp3) is 0.900. The van der Waals surface area contributed by atoms with Gasteiger partial charge < -0.3 is 15.4 Å². The number of rotatable bonds is 5. The highest BCUT2D eigenvalue weighted by Crippen LogP contribution is 2.15. The third kappa shape index (κ3) is 3.27. The van der Waals surface area contributed by atoms with Gasteiger partial charge in [0.25, 0.3) is 0 Å². The van der Waals surface area contributed by atoms with E-state index in [0.29, 0.717) is 12.5 Å². The van der Waals surface area contributed by atoms with E-state index < -0.39 is 0 Å². The van der Waals surface area contributed by atoms with Gasteiger partial charge in [-0.1, -0.05) is 6.92 Å². The summed E-state index contributed by atoms with van der Waals surface area (Å²) in [6.45, 7) is 5.31. The predicted octanol–water partition coefficient (Wildman–Crippen LogP) is -0.00540. The smallest absolute Gasteiger partial charge is 0.224 e. The molecule has 1 rings (SSSR count). The Hall–Kier alpha value is -0.610. The Morgan fingerprint density at radius 1 is 1.57 bits per heavy atom. The average Bonchev–Trinajstić information content (AvgIpc) is 2.59. The number of ether oxygens (including phenoxy) is 1. The molecular formula is C10H20N2O2. The van der Waals surface area contributed by atoms with Gasteiger partial charge in [0.15, 0.2) is 0 Å². The van der Waals surface area contributed by atoms with Crippen LogP contribution < -0.4 is 10.6 Å². The molecule has 0 aromatic rings. The van der Waals surface area contributed by atoms with Gasteiger partial charge in [-0.05, 0) is 18.9 Å². The van der Waals surface area contributed by atoms with E-state index in [1.165, 1.54) is 0 Å².